The highest BCUT2D eigenvalue weighted by atomic mass is 16.4. The normalized spacial score (nSPS) is 30.6. The lowest BCUT2D eigenvalue weighted by Gasteiger charge is -2.41. The minimum absolute atomic E-state index is 0.260. The van der Waals surface area contributed by atoms with Crippen molar-refractivity contribution in [1.82, 2.24) is 20.4 Å². The van der Waals surface area contributed by atoms with E-state index in [1.165, 1.54) is 0 Å². The van der Waals surface area contributed by atoms with Crippen LogP contribution in [0.5, 0.6) is 0 Å². The first-order valence-corrected chi connectivity index (χ1v) is 7.24. The van der Waals surface area contributed by atoms with Crippen molar-refractivity contribution >= 4 is 0 Å². The second-order valence-corrected chi connectivity index (χ2v) is 5.69. The lowest BCUT2D eigenvalue weighted by Crippen LogP contribution is -2.58. The van der Waals surface area contributed by atoms with Crippen molar-refractivity contribution in [3.05, 3.63) is 11.8 Å². The first-order valence-electron chi connectivity index (χ1n) is 7.24. The molecule has 2 aliphatic rings. The van der Waals surface area contributed by atoms with Gasteiger partial charge in [-0.3, -0.25) is 4.90 Å². The maximum Gasteiger partial charge on any atom is 0.219 e. The third-order valence-corrected chi connectivity index (χ3v) is 4.38. The molecule has 2 saturated heterocycles. The number of aryl methyl sites for hydroxylation is 1. The van der Waals surface area contributed by atoms with E-state index in [4.69, 9.17) is 10.2 Å². The van der Waals surface area contributed by atoms with Gasteiger partial charge in [0.05, 0.1) is 0 Å². The summed E-state index contributed by atoms with van der Waals surface area (Å²) in [4.78, 5) is 2.55. The molecule has 3 N–H and O–H groups in total. The zero-order chi connectivity index (χ0) is 13.2. The highest BCUT2D eigenvalue weighted by Gasteiger charge is 2.32. The van der Waals surface area contributed by atoms with E-state index in [1.807, 2.05) is 6.92 Å². The Morgan fingerprint density at radius 3 is 2.68 bits per heavy atom. The van der Waals surface area contributed by atoms with E-state index in [1.54, 1.807) is 0 Å². The van der Waals surface area contributed by atoms with Gasteiger partial charge in [0.15, 0.2) is 0 Å². The van der Waals surface area contributed by atoms with Gasteiger partial charge in [-0.25, -0.2) is 0 Å². The Kier molecular flexibility index (Phi) is 3.81. The van der Waals surface area contributed by atoms with E-state index in [2.05, 4.69) is 20.4 Å². The predicted molar refractivity (Wildman–Crippen MR) is 71.8 cm³/mol. The Labute approximate surface area is 113 Å². The Hall–Kier alpha value is -0.980. The van der Waals surface area contributed by atoms with Crippen LogP contribution in [-0.4, -0.2) is 53.4 Å². The maximum atomic E-state index is 6.21. The first kappa shape index (κ1) is 13.0. The van der Waals surface area contributed by atoms with Crippen LogP contribution in [0.4, 0.5) is 0 Å². The number of hydrogen-bond donors (Lipinski definition) is 2. The van der Waals surface area contributed by atoms with E-state index in [0.717, 1.165) is 51.3 Å². The second-order valence-electron chi connectivity index (χ2n) is 5.69. The summed E-state index contributed by atoms with van der Waals surface area (Å²) in [6, 6.07) is 0.794. The monoisotopic (exact) mass is 265 g/mol. The summed E-state index contributed by atoms with van der Waals surface area (Å²) in [5, 5.41) is 11.4. The summed E-state index contributed by atoms with van der Waals surface area (Å²) in [6.07, 6.45) is 3.35. The largest absolute Gasteiger partial charge is 0.425 e. The lowest BCUT2D eigenvalue weighted by molar-refractivity contribution is 0.108. The van der Waals surface area contributed by atoms with Crippen molar-refractivity contribution in [1.29, 1.82) is 0 Å². The third-order valence-electron chi connectivity index (χ3n) is 4.38. The van der Waals surface area contributed by atoms with Crippen molar-refractivity contribution in [3.8, 4) is 0 Å². The van der Waals surface area contributed by atoms with E-state index < -0.39 is 0 Å². The molecule has 0 amide bonds. The van der Waals surface area contributed by atoms with Crippen LogP contribution in [0, 0.1) is 6.92 Å². The molecule has 0 radical (unpaired) electrons. The Morgan fingerprint density at radius 2 is 2.05 bits per heavy atom. The standard InChI is InChI=1S/C13H23N5O/c1-9-16-17-13(19-9)10-3-6-18(7-4-10)12-2-5-15-8-11(12)14/h10-12,15H,2-8,14H2,1H3. The maximum absolute atomic E-state index is 6.21. The molecule has 0 aliphatic carbocycles. The van der Waals surface area contributed by atoms with Gasteiger partial charge in [-0.1, -0.05) is 0 Å². The molecule has 3 heterocycles. The molecule has 6 nitrogen and oxygen atoms in total. The fourth-order valence-corrected chi connectivity index (χ4v) is 3.28. The minimum atomic E-state index is 0.260. The topological polar surface area (TPSA) is 80.2 Å². The van der Waals surface area contributed by atoms with Gasteiger partial charge in [0.25, 0.3) is 0 Å². The van der Waals surface area contributed by atoms with Crippen LogP contribution < -0.4 is 11.1 Å². The van der Waals surface area contributed by atoms with Crippen molar-refractivity contribution < 1.29 is 4.42 Å². The van der Waals surface area contributed by atoms with Gasteiger partial charge in [-0.05, 0) is 38.9 Å². The molecule has 0 aromatic carbocycles. The Bertz CT molecular complexity index is 413. The molecule has 3 rings (SSSR count). The summed E-state index contributed by atoms with van der Waals surface area (Å²) < 4.78 is 5.55. The molecule has 19 heavy (non-hydrogen) atoms. The molecule has 0 saturated carbocycles. The van der Waals surface area contributed by atoms with E-state index in [9.17, 15) is 0 Å². The number of hydrogen-bond acceptors (Lipinski definition) is 6. The van der Waals surface area contributed by atoms with E-state index in [-0.39, 0.29) is 6.04 Å². The summed E-state index contributed by atoms with van der Waals surface area (Å²) >= 11 is 0. The molecular formula is C13H23N5O. The number of nitrogens with zero attached hydrogens (tertiary/aromatic N) is 3. The molecule has 2 aliphatic heterocycles. The minimum Gasteiger partial charge on any atom is -0.425 e. The summed E-state index contributed by atoms with van der Waals surface area (Å²) in [7, 11) is 0. The molecule has 0 bridgehead atoms. The molecule has 1 aromatic heterocycles. The van der Waals surface area contributed by atoms with Crippen molar-refractivity contribution in [2.75, 3.05) is 26.2 Å². The van der Waals surface area contributed by atoms with Crippen molar-refractivity contribution in [2.45, 2.75) is 44.2 Å². The number of nitrogens with two attached hydrogens (primary N) is 1. The SMILES string of the molecule is Cc1nnc(C2CCN(C3CCNCC3N)CC2)o1. The van der Waals surface area contributed by atoms with Crippen molar-refractivity contribution in [2.24, 2.45) is 5.73 Å². The quantitative estimate of drug-likeness (QED) is 0.798. The van der Waals surface area contributed by atoms with Crippen LogP contribution >= 0.6 is 0 Å². The second kappa shape index (κ2) is 5.56. The number of rotatable bonds is 2. The smallest absolute Gasteiger partial charge is 0.219 e. The zero-order valence-electron chi connectivity index (χ0n) is 11.5. The zero-order valence-corrected chi connectivity index (χ0v) is 11.5. The molecule has 1 aromatic rings. The highest BCUT2D eigenvalue weighted by Crippen LogP contribution is 2.29. The third kappa shape index (κ3) is 2.80. The van der Waals surface area contributed by atoms with Gasteiger partial charge >= 0.3 is 0 Å². The summed E-state index contributed by atoms with van der Waals surface area (Å²) in [6.45, 7) is 6.04. The van der Waals surface area contributed by atoms with Gasteiger partial charge in [0, 0.05) is 31.5 Å². The molecule has 2 unspecified atom stereocenters. The number of likely N-dealkylation sites (tertiary alicyclic amines) is 1. The molecule has 2 fully saturated rings. The fraction of sp³-hybridized carbons (Fsp3) is 0.846. The Balaban J connectivity index is 1.57. The van der Waals surface area contributed by atoms with Crippen LogP contribution in [0.2, 0.25) is 0 Å². The van der Waals surface area contributed by atoms with E-state index in [0.29, 0.717) is 17.9 Å². The Morgan fingerprint density at radius 1 is 1.26 bits per heavy atom. The van der Waals surface area contributed by atoms with Crippen LogP contribution in [-0.2, 0) is 0 Å². The van der Waals surface area contributed by atoms with Crippen LogP contribution in [0.1, 0.15) is 37.0 Å². The van der Waals surface area contributed by atoms with Crippen LogP contribution in [0.25, 0.3) is 0 Å². The number of nitrogens with one attached hydrogen (secondary N) is 1. The average Bonchev–Trinajstić information content (AvgIpc) is 2.86. The van der Waals surface area contributed by atoms with Gasteiger partial charge in [-0.2, -0.15) is 0 Å². The highest BCUT2D eigenvalue weighted by molar-refractivity contribution is 4.97. The molecule has 106 valence electrons. The number of piperidine rings is 2. The van der Waals surface area contributed by atoms with Gasteiger partial charge < -0.3 is 15.5 Å². The first-order chi connectivity index (χ1) is 9.24. The summed E-state index contributed by atoms with van der Waals surface area (Å²) in [5.41, 5.74) is 6.21. The van der Waals surface area contributed by atoms with Crippen LogP contribution in [0.3, 0.4) is 0 Å². The molecule has 2 atom stereocenters. The molecular weight excluding hydrogens is 242 g/mol. The van der Waals surface area contributed by atoms with Crippen molar-refractivity contribution in [3.63, 3.8) is 0 Å². The molecule has 0 spiro atoms. The summed E-state index contributed by atoms with van der Waals surface area (Å²) in [5.74, 6) is 1.90. The number of aromatic nitrogens is 2. The van der Waals surface area contributed by atoms with E-state index >= 15 is 0 Å². The van der Waals surface area contributed by atoms with Gasteiger partial charge in [-0.15, -0.1) is 10.2 Å². The fourth-order valence-electron chi connectivity index (χ4n) is 3.28. The predicted octanol–water partition coefficient (Wildman–Crippen LogP) is 0.247. The van der Waals surface area contributed by atoms with Gasteiger partial charge in [0.1, 0.15) is 0 Å². The lowest BCUT2D eigenvalue weighted by atomic mass is 9.92. The van der Waals surface area contributed by atoms with Crippen LogP contribution in [0.15, 0.2) is 4.42 Å². The average molecular weight is 265 g/mol. The van der Waals surface area contributed by atoms with Gasteiger partial charge in [0.2, 0.25) is 11.8 Å². The molecule has 6 heteroatoms.